The third-order valence-electron chi connectivity index (χ3n) is 10.6. The van der Waals surface area contributed by atoms with Gasteiger partial charge in [-0.05, 0) is 56.8 Å². The molecule has 8 amide bonds. The van der Waals surface area contributed by atoms with Crippen LogP contribution in [0, 0.1) is 11.8 Å². The molecule has 360 valence electrons. The molecular formula is C43H67N11O10S. The van der Waals surface area contributed by atoms with Crippen LogP contribution in [-0.2, 0) is 43.2 Å². The lowest BCUT2D eigenvalue weighted by molar-refractivity contribution is -0.139. The number of amides is 8. The molecule has 0 saturated carbocycles. The number of nitrogens with zero attached hydrogens (tertiary/aromatic N) is 1. The van der Waals surface area contributed by atoms with Gasteiger partial charge in [0.05, 0.1) is 25.6 Å². The van der Waals surface area contributed by atoms with E-state index in [9.17, 15) is 48.3 Å². The quantitative estimate of drug-likeness (QED) is 0.0177. The lowest BCUT2D eigenvalue weighted by Crippen LogP contribution is -2.67. The molecule has 2 rings (SSSR count). The second-order valence-corrected chi connectivity index (χ2v) is 16.6. The predicted molar refractivity (Wildman–Crippen MR) is 246 cm³/mol. The highest BCUT2D eigenvalue weighted by molar-refractivity contribution is 8.02. The summed E-state index contributed by atoms with van der Waals surface area (Å²) < 4.78 is 0. The number of thioether (sulfide) groups is 1. The molecule has 7 atom stereocenters. The Morgan fingerprint density at radius 3 is 2.34 bits per heavy atom. The highest BCUT2D eigenvalue weighted by atomic mass is 32.2. The molecule has 65 heavy (non-hydrogen) atoms. The van der Waals surface area contributed by atoms with Crippen LogP contribution in [0.3, 0.4) is 0 Å². The number of hydrogen-bond acceptors (Lipinski definition) is 12. The van der Waals surface area contributed by atoms with Crippen LogP contribution in [0.25, 0.3) is 0 Å². The van der Waals surface area contributed by atoms with Gasteiger partial charge in [-0.2, -0.15) is 0 Å². The van der Waals surface area contributed by atoms with Crippen molar-refractivity contribution in [1.82, 2.24) is 47.9 Å². The van der Waals surface area contributed by atoms with Crippen molar-refractivity contribution in [2.75, 3.05) is 39.5 Å². The molecule has 22 heteroatoms. The molecule has 7 unspecified atom stereocenters. The molecule has 1 saturated heterocycles. The molecule has 12 N–H and O–H groups in total. The molecule has 0 aromatic carbocycles. The van der Waals surface area contributed by atoms with Gasteiger partial charge in [0.25, 0.3) is 0 Å². The number of aliphatic hydroxyl groups excluding tert-OH is 1. The van der Waals surface area contributed by atoms with Crippen molar-refractivity contribution >= 4 is 70.8 Å². The average molecular weight is 930 g/mol. The molecule has 0 aromatic heterocycles. The molecule has 1 fully saturated rings. The van der Waals surface area contributed by atoms with Crippen LogP contribution in [0.15, 0.2) is 53.1 Å². The number of unbranched alkanes of at least 4 members (excludes halogenated alkanes) is 3. The van der Waals surface area contributed by atoms with Crippen LogP contribution >= 0.6 is 11.8 Å². The SMILES string of the molecule is CCC(C)C1NC(=O)C(CC(=O)C(C)NC(=O)/C=C/C=C/CC/C=C/CCCCNC(=NC)NC)CC2(CS/C=C\NC(=O)CNC(=O)C(CC(N)=O)NC2=O)NC(=O)C(CO)NC1=O. The summed E-state index contributed by atoms with van der Waals surface area (Å²) in [5.74, 6) is -9.24. The third kappa shape index (κ3) is 19.7. The van der Waals surface area contributed by atoms with Gasteiger partial charge in [-0.15, -0.1) is 11.8 Å². The van der Waals surface area contributed by atoms with Gasteiger partial charge in [0, 0.05) is 51.0 Å². The van der Waals surface area contributed by atoms with E-state index in [4.69, 9.17) is 5.73 Å². The first-order valence-electron chi connectivity index (χ1n) is 21.7. The number of ketones is 1. The second kappa shape index (κ2) is 29.4. The van der Waals surface area contributed by atoms with E-state index in [0.717, 1.165) is 56.4 Å². The minimum absolute atomic E-state index is 0.392. The molecule has 2 heterocycles. The van der Waals surface area contributed by atoms with E-state index >= 15 is 0 Å². The zero-order valence-electron chi connectivity index (χ0n) is 37.8. The summed E-state index contributed by atoms with van der Waals surface area (Å²) in [5.41, 5.74) is 3.20. The fourth-order valence-corrected chi connectivity index (χ4v) is 7.45. The Hall–Kier alpha value is -6.03. The van der Waals surface area contributed by atoms with Crippen molar-refractivity contribution in [2.24, 2.45) is 22.6 Å². The molecular weight excluding hydrogens is 863 g/mol. The van der Waals surface area contributed by atoms with Crippen LogP contribution < -0.4 is 53.6 Å². The Kier molecular flexibility index (Phi) is 24.9. The number of rotatable bonds is 19. The average Bonchev–Trinajstić information content (AvgIpc) is 3.27. The summed E-state index contributed by atoms with van der Waals surface area (Å²) in [6.45, 7) is 4.24. The van der Waals surface area contributed by atoms with Crippen molar-refractivity contribution in [1.29, 1.82) is 0 Å². The van der Waals surface area contributed by atoms with Crippen LogP contribution in [-0.4, -0.2) is 133 Å². The summed E-state index contributed by atoms with van der Waals surface area (Å²) >= 11 is 0.898. The number of primary amides is 1. The van der Waals surface area contributed by atoms with E-state index in [1.807, 2.05) is 13.1 Å². The van der Waals surface area contributed by atoms with Crippen LogP contribution in [0.5, 0.6) is 0 Å². The largest absolute Gasteiger partial charge is 0.394 e. The number of nitrogens with two attached hydrogens (primary N) is 1. The van der Waals surface area contributed by atoms with E-state index in [-0.39, 0.29) is 0 Å². The maximum absolute atomic E-state index is 14.6. The minimum Gasteiger partial charge on any atom is -0.394 e. The third-order valence-corrected chi connectivity index (χ3v) is 11.5. The molecule has 21 nitrogen and oxygen atoms in total. The molecule has 0 radical (unpaired) electrons. The van der Waals surface area contributed by atoms with E-state index < -0.39 is 133 Å². The predicted octanol–water partition coefficient (Wildman–Crippen LogP) is -1.44. The topological polar surface area (TPSA) is 321 Å². The number of hydrogen-bond donors (Lipinski definition) is 11. The number of carbonyl (C=O) groups excluding carboxylic acids is 9. The van der Waals surface area contributed by atoms with Crippen molar-refractivity contribution in [3.8, 4) is 0 Å². The highest BCUT2D eigenvalue weighted by Crippen LogP contribution is 2.28. The van der Waals surface area contributed by atoms with Crippen LogP contribution in [0.2, 0.25) is 0 Å². The zero-order chi connectivity index (χ0) is 48.4. The lowest BCUT2D eigenvalue weighted by atomic mass is 9.82. The monoisotopic (exact) mass is 929 g/mol. The van der Waals surface area contributed by atoms with Gasteiger partial charge in [-0.25, -0.2) is 0 Å². The summed E-state index contributed by atoms with van der Waals surface area (Å²) in [6, 6.07) is -5.67. The first kappa shape index (κ1) is 55.1. The van der Waals surface area contributed by atoms with Crippen molar-refractivity contribution < 1.29 is 48.3 Å². The van der Waals surface area contributed by atoms with E-state index in [1.54, 1.807) is 27.0 Å². The smallest absolute Gasteiger partial charge is 0.247 e. The minimum atomic E-state index is -2.20. The summed E-state index contributed by atoms with van der Waals surface area (Å²) in [7, 11) is 3.53. The second-order valence-electron chi connectivity index (χ2n) is 15.7. The van der Waals surface area contributed by atoms with Crippen molar-refractivity contribution in [3.63, 3.8) is 0 Å². The number of guanidine groups is 1. The van der Waals surface area contributed by atoms with E-state index in [1.165, 1.54) is 30.7 Å². The summed E-state index contributed by atoms with van der Waals surface area (Å²) in [4.78, 5) is 125. The fourth-order valence-electron chi connectivity index (χ4n) is 6.59. The fraction of sp³-hybridized carbons (Fsp3) is 0.581. The lowest BCUT2D eigenvalue weighted by Gasteiger charge is -2.37. The first-order chi connectivity index (χ1) is 31.0. The molecule has 0 aliphatic carbocycles. The summed E-state index contributed by atoms with van der Waals surface area (Å²) in [6.07, 6.45) is 14.8. The number of nitrogens with one attached hydrogen (secondary N) is 9. The Labute approximate surface area is 384 Å². The van der Waals surface area contributed by atoms with Crippen molar-refractivity contribution in [3.05, 3.63) is 48.1 Å². The Morgan fingerprint density at radius 2 is 1.66 bits per heavy atom. The first-order valence-corrected chi connectivity index (χ1v) is 22.7. The van der Waals surface area contributed by atoms with Crippen molar-refractivity contribution in [2.45, 2.75) is 108 Å². The molecule has 0 bridgehead atoms. The van der Waals surface area contributed by atoms with Crippen LogP contribution in [0.1, 0.15) is 78.6 Å². The number of Topliss-reactive ketones (excluding diaryl/α,β-unsaturated/α-hetero) is 1. The number of carbonyl (C=O) groups is 9. The normalized spacial score (nSPS) is 24.4. The Balaban J connectivity index is 2.36. The van der Waals surface area contributed by atoms with E-state index in [2.05, 4.69) is 65.0 Å². The van der Waals surface area contributed by atoms with Gasteiger partial charge in [0.2, 0.25) is 47.3 Å². The standard InChI is InChI=1S/C43H67N11O10S/c1-6-27(2)36-40(63)51-31(25-55)39(62)54-43(26-65-20-19-47-35(59)24-49-38(61)30(22-33(44)57)52-41(43)64)23-29(37(60)53-36)21-32(56)28(3)50-34(58)17-15-13-11-9-7-8-10-12-14-16-18-48-42(45-4)46-5/h8,10-11,13,15,17,19-20,27-31,36,55H,6-7,9,12,14,16,18,21-26H2,1-5H3,(H2,44,57)(H,47,59)(H,49,61)(H,50,58)(H,51,63)(H,52,64)(H,53,60)(H,54,62)(H2,45,46,48)/b10-8+,13-11+,17-15+,20-19-. The number of allylic oxidation sites excluding steroid dienone is 5. The number of aliphatic hydroxyl groups is 1. The Morgan fingerprint density at radius 1 is 0.938 bits per heavy atom. The molecule has 0 aromatic rings. The maximum Gasteiger partial charge on any atom is 0.247 e. The van der Waals surface area contributed by atoms with Crippen LogP contribution in [0.4, 0.5) is 0 Å². The number of aliphatic imine (C=N–C) groups is 1. The molecule has 1 spiro atoms. The highest BCUT2D eigenvalue weighted by Gasteiger charge is 2.47. The van der Waals surface area contributed by atoms with Gasteiger partial charge in [-0.1, -0.05) is 50.6 Å². The van der Waals surface area contributed by atoms with Gasteiger partial charge in [-0.3, -0.25) is 48.1 Å². The maximum atomic E-state index is 14.6. The Bertz CT molecular complexity index is 1840. The van der Waals surface area contributed by atoms with Gasteiger partial charge >= 0.3 is 0 Å². The molecule has 2 aliphatic heterocycles. The van der Waals surface area contributed by atoms with E-state index in [0.29, 0.717) is 6.42 Å². The van der Waals surface area contributed by atoms with Gasteiger partial charge in [0.15, 0.2) is 11.7 Å². The van der Waals surface area contributed by atoms with Gasteiger partial charge in [0.1, 0.15) is 23.7 Å². The molecule has 2 aliphatic rings. The zero-order valence-corrected chi connectivity index (χ0v) is 38.6. The summed E-state index contributed by atoms with van der Waals surface area (Å²) in [5, 5.41) is 35.2. The van der Waals surface area contributed by atoms with Gasteiger partial charge < -0.3 is 58.7 Å².